The van der Waals surface area contributed by atoms with Gasteiger partial charge in [0.05, 0.1) is 5.52 Å². The Hall–Kier alpha value is 0.300. The predicted octanol–water partition coefficient (Wildman–Crippen LogP) is -5.39. The summed E-state index contributed by atoms with van der Waals surface area (Å²) < 4.78 is 34.1. The zero-order valence-electron chi connectivity index (χ0n) is 9.90. The summed E-state index contributed by atoms with van der Waals surface area (Å²) in [4.78, 5) is 3.93. The Bertz CT molecular complexity index is 582. The summed E-state index contributed by atoms with van der Waals surface area (Å²) >= 11 is 0. The molecule has 86 valence electrons. The molecule has 0 amide bonds. The van der Waals surface area contributed by atoms with Gasteiger partial charge < -0.3 is 14.2 Å². The molecule has 1 aromatic carbocycles. The molecule has 1 N–H and O–H groups in total. The van der Waals surface area contributed by atoms with Crippen LogP contribution in [0.2, 0.25) is 0 Å². The van der Waals surface area contributed by atoms with Gasteiger partial charge in [-0.3, -0.25) is 8.42 Å². The zero-order valence-corrected chi connectivity index (χ0v) is 14.7. The minimum absolute atomic E-state index is 0. The zero-order chi connectivity index (χ0) is 12.2. The molecule has 0 fully saturated rings. The van der Waals surface area contributed by atoms with Crippen LogP contribution in [0, 0.1) is 0 Å². The van der Waals surface area contributed by atoms with Crippen LogP contribution in [0.25, 0.3) is 10.9 Å². The van der Waals surface area contributed by atoms with E-state index in [0.29, 0.717) is 0 Å². The Morgan fingerprint density at radius 1 is 1.00 bits per heavy atom. The molecule has 0 radical (unpaired) electrons. The van der Waals surface area contributed by atoms with E-state index in [2.05, 4.69) is 4.98 Å². The third-order valence-corrected chi connectivity index (χ3v) is 1.58. The van der Waals surface area contributed by atoms with Gasteiger partial charge in [0.15, 0.2) is 0 Å². The minimum Gasteiger partial charge on any atom is -0.759 e. The number of fused-ring (bicyclic) bond motifs is 1. The summed E-state index contributed by atoms with van der Waals surface area (Å²) in [6, 6.07) is 11.1. The Morgan fingerprint density at radius 3 is 2.06 bits per heavy atom. The largest absolute Gasteiger partial charge is 1.00 e. The first-order valence-electron chi connectivity index (χ1n) is 4.08. The van der Waals surface area contributed by atoms with Crippen molar-refractivity contribution in [1.82, 2.24) is 4.98 Å². The summed E-state index contributed by atoms with van der Waals surface area (Å²) in [6.45, 7) is 0. The molecular formula is C9H7NNa2O5S. The molecule has 2 aromatic rings. The van der Waals surface area contributed by atoms with Crippen molar-refractivity contribution in [3.63, 3.8) is 0 Å². The van der Waals surface area contributed by atoms with Gasteiger partial charge in [-0.25, -0.2) is 4.98 Å². The summed E-state index contributed by atoms with van der Waals surface area (Å²) in [5.74, 6) is 0.0729. The van der Waals surface area contributed by atoms with Crippen molar-refractivity contribution in [3.05, 3.63) is 36.4 Å². The second-order valence-corrected chi connectivity index (χ2v) is 3.59. The molecule has 9 heteroatoms. The fourth-order valence-electron chi connectivity index (χ4n) is 1.06. The average molecular weight is 287 g/mol. The smallest absolute Gasteiger partial charge is 0.759 e. The molecule has 1 heterocycles. The van der Waals surface area contributed by atoms with Crippen LogP contribution in [0.1, 0.15) is 0 Å². The standard InChI is InChI=1S/C9H7NO.2Na.H2O4S/c11-9-6-5-7-3-1-2-4-8(7)10-9;;;1-5(2,3)4/h1-6H,(H,10,11);;;(H2,1,2,3,4)/q;2*+1;/p-2. The first-order chi connectivity index (χ1) is 7.36. The van der Waals surface area contributed by atoms with Crippen LogP contribution in [0.5, 0.6) is 5.88 Å². The molecule has 0 aliphatic rings. The molecule has 18 heavy (non-hydrogen) atoms. The number of aromatic hydroxyl groups is 1. The van der Waals surface area contributed by atoms with E-state index in [1.807, 2.05) is 30.3 Å². The van der Waals surface area contributed by atoms with E-state index in [1.165, 1.54) is 0 Å². The monoisotopic (exact) mass is 287 g/mol. The van der Waals surface area contributed by atoms with Crippen LogP contribution in [-0.2, 0) is 10.4 Å². The summed E-state index contributed by atoms with van der Waals surface area (Å²) in [6.07, 6.45) is 0. The number of benzene rings is 1. The topological polar surface area (TPSA) is 113 Å². The van der Waals surface area contributed by atoms with Crippen molar-refractivity contribution in [2.45, 2.75) is 0 Å². The Kier molecular flexibility index (Phi) is 10.6. The second kappa shape index (κ2) is 9.24. The van der Waals surface area contributed by atoms with Crippen LogP contribution in [0.15, 0.2) is 36.4 Å². The van der Waals surface area contributed by atoms with Gasteiger partial charge in [-0.2, -0.15) is 0 Å². The summed E-state index contributed by atoms with van der Waals surface area (Å²) in [7, 11) is -5.17. The second-order valence-electron chi connectivity index (χ2n) is 2.77. The van der Waals surface area contributed by atoms with Gasteiger partial charge >= 0.3 is 59.1 Å². The Morgan fingerprint density at radius 2 is 1.50 bits per heavy atom. The fraction of sp³-hybridized carbons (Fsp3) is 0. The molecule has 0 saturated heterocycles. The third kappa shape index (κ3) is 9.26. The van der Waals surface area contributed by atoms with Gasteiger partial charge in [-0.1, -0.05) is 18.2 Å². The van der Waals surface area contributed by atoms with Crippen molar-refractivity contribution < 1.29 is 81.7 Å². The number of nitrogens with zero attached hydrogens (tertiary/aromatic N) is 1. The van der Waals surface area contributed by atoms with Crippen molar-refractivity contribution in [2.75, 3.05) is 0 Å². The molecule has 0 aliphatic heterocycles. The number of para-hydroxylation sites is 1. The number of aromatic nitrogens is 1. The molecule has 0 unspecified atom stereocenters. The molecule has 0 spiro atoms. The van der Waals surface area contributed by atoms with Crippen molar-refractivity contribution >= 4 is 21.3 Å². The van der Waals surface area contributed by atoms with Gasteiger partial charge in [0, 0.05) is 21.9 Å². The maximum absolute atomic E-state index is 9.02. The van der Waals surface area contributed by atoms with E-state index < -0.39 is 10.4 Å². The molecule has 1 aromatic heterocycles. The van der Waals surface area contributed by atoms with E-state index >= 15 is 0 Å². The van der Waals surface area contributed by atoms with E-state index in [1.54, 1.807) is 6.07 Å². The molecule has 0 atom stereocenters. The molecule has 0 aliphatic carbocycles. The van der Waals surface area contributed by atoms with Crippen LogP contribution in [0.3, 0.4) is 0 Å². The van der Waals surface area contributed by atoms with Gasteiger partial charge in [0.25, 0.3) is 0 Å². The summed E-state index contributed by atoms with van der Waals surface area (Å²) in [5.41, 5.74) is 0.826. The van der Waals surface area contributed by atoms with Crippen LogP contribution >= 0.6 is 0 Å². The van der Waals surface area contributed by atoms with Crippen LogP contribution in [-0.4, -0.2) is 27.6 Å². The quantitative estimate of drug-likeness (QED) is 0.294. The first kappa shape index (κ1) is 20.6. The molecule has 2 rings (SSSR count). The number of pyridine rings is 1. The van der Waals surface area contributed by atoms with E-state index in [4.69, 9.17) is 22.6 Å². The van der Waals surface area contributed by atoms with E-state index in [9.17, 15) is 0 Å². The molecule has 0 bridgehead atoms. The molecule has 0 saturated carbocycles. The maximum Gasteiger partial charge on any atom is 1.00 e. The first-order valence-corrected chi connectivity index (χ1v) is 5.41. The normalized spacial score (nSPS) is 9.44. The van der Waals surface area contributed by atoms with E-state index in [0.717, 1.165) is 10.9 Å². The SMILES string of the molecule is O=S(=O)([O-])[O-].Oc1ccc2ccccc2n1.[Na+].[Na+]. The number of hydrogen-bond acceptors (Lipinski definition) is 6. The molecule has 6 nitrogen and oxygen atoms in total. The van der Waals surface area contributed by atoms with Crippen LogP contribution < -0.4 is 59.1 Å². The number of hydrogen-bond donors (Lipinski definition) is 1. The van der Waals surface area contributed by atoms with E-state index in [-0.39, 0.29) is 65.0 Å². The van der Waals surface area contributed by atoms with Gasteiger partial charge in [-0.05, 0) is 12.1 Å². The van der Waals surface area contributed by atoms with Gasteiger partial charge in [0.2, 0.25) is 5.88 Å². The minimum atomic E-state index is -5.17. The molecular weight excluding hydrogens is 280 g/mol. The van der Waals surface area contributed by atoms with Crippen LogP contribution in [0.4, 0.5) is 0 Å². The Balaban J connectivity index is 0. The van der Waals surface area contributed by atoms with Crippen molar-refractivity contribution in [3.8, 4) is 5.88 Å². The van der Waals surface area contributed by atoms with Gasteiger partial charge in [0.1, 0.15) is 0 Å². The maximum atomic E-state index is 9.02. The van der Waals surface area contributed by atoms with Crippen molar-refractivity contribution in [1.29, 1.82) is 0 Å². The summed E-state index contributed by atoms with van der Waals surface area (Å²) in [5, 5.41) is 10.1. The van der Waals surface area contributed by atoms with Gasteiger partial charge in [-0.15, -0.1) is 0 Å². The third-order valence-electron chi connectivity index (χ3n) is 1.58. The van der Waals surface area contributed by atoms with Crippen molar-refractivity contribution in [2.24, 2.45) is 0 Å². The number of rotatable bonds is 0. The Labute approximate surface area is 149 Å². The fourth-order valence-corrected chi connectivity index (χ4v) is 1.06. The predicted molar refractivity (Wildman–Crippen MR) is 53.9 cm³/mol. The average Bonchev–Trinajstić information content (AvgIpc) is 2.15.